The fourth-order valence-electron chi connectivity index (χ4n) is 2.37. The molecule has 3 N–H and O–H groups in total. The number of benzene rings is 1. The van der Waals surface area contributed by atoms with Crippen LogP contribution >= 0.6 is 23.6 Å². The Morgan fingerprint density at radius 2 is 2.12 bits per heavy atom. The van der Waals surface area contributed by atoms with Gasteiger partial charge in [0.05, 0.1) is 12.3 Å². The number of nitrogen functional groups attached to an aromatic ring is 1. The van der Waals surface area contributed by atoms with E-state index in [9.17, 15) is 4.79 Å². The number of rotatable bonds is 8. The normalized spacial score (nSPS) is 10.9. The zero-order chi connectivity index (χ0) is 18.4. The topological polar surface area (TPSA) is 72.5 Å². The van der Waals surface area contributed by atoms with Crippen molar-refractivity contribution in [1.29, 1.82) is 0 Å². The molecule has 1 amide bonds. The van der Waals surface area contributed by atoms with Crippen LogP contribution in [0.1, 0.15) is 23.0 Å². The van der Waals surface area contributed by atoms with Crippen LogP contribution in [0.2, 0.25) is 0 Å². The molecule has 0 radical (unpaired) electrons. The van der Waals surface area contributed by atoms with Crippen molar-refractivity contribution in [2.24, 2.45) is 0 Å². The van der Waals surface area contributed by atoms with Crippen LogP contribution in [0.15, 0.2) is 24.3 Å². The molecule has 0 saturated carbocycles. The van der Waals surface area contributed by atoms with E-state index in [0.29, 0.717) is 39.2 Å². The number of nitrogens with zero attached hydrogens (tertiary/aromatic N) is 2. The van der Waals surface area contributed by atoms with Gasteiger partial charge in [0.1, 0.15) is 16.4 Å². The maximum Gasteiger partial charge on any atom is 0.269 e. The second-order valence-corrected chi connectivity index (χ2v) is 7.42. The van der Waals surface area contributed by atoms with Crippen molar-refractivity contribution >= 4 is 41.0 Å². The number of carbonyl (C=O) groups is 1. The van der Waals surface area contributed by atoms with Gasteiger partial charge in [-0.1, -0.05) is 23.5 Å². The van der Waals surface area contributed by atoms with E-state index in [-0.39, 0.29) is 5.91 Å². The van der Waals surface area contributed by atoms with Crippen molar-refractivity contribution in [2.45, 2.75) is 19.9 Å². The first-order valence-electron chi connectivity index (χ1n) is 8.11. The molecule has 25 heavy (non-hydrogen) atoms. The predicted octanol–water partition coefficient (Wildman–Crippen LogP) is 3.46. The van der Waals surface area contributed by atoms with Gasteiger partial charge >= 0.3 is 0 Å². The lowest BCUT2D eigenvalue weighted by molar-refractivity contribution is 0.103. The van der Waals surface area contributed by atoms with Crippen LogP contribution in [0.25, 0.3) is 0 Å². The van der Waals surface area contributed by atoms with Crippen molar-refractivity contribution in [3.05, 3.63) is 33.1 Å². The number of ether oxygens (including phenoxy) is 1. The summed E-state index contributed by atoms with van der Waals surface area (Å²) in [5.74, 6) is 0.776. The molecular formula is C17H24N4O2S2. The van der Waals surface area contributed by atoms with Crippen molar-refractivity contribution in [1.82, 2.24) is 9.47 Å². The third kappa shape index (κ3) is 5.04. The Morgan fingerprint density at radius 1 is 1.40 bits per heavy atom. The smallest absolute Gasteiger partial charge is 0.269 e. The molecule has 0 aliphatic heterocycles. The average molecular weight is 381 g/mol. The summed E-state index contributed by atoms with van der Waals surface area (Å²) in [5, 5.41) is 2.87. The standard InChI is InChI=1S/C17H24N4O2S2/c1-4-23-13-9-6-5-8-12(13)19-16(22)14-15(18)21(17(24)25-14)11-7-10-20(2)3/h5-6,8-9H,4,7,10-11,18H2,1-3H3,(H,19,22). The maximum absolute atomic E-state index is 12.6. The zero-order valence-electron chi connectivity index (χ0n) is 14.7. The second-order valence-electron chi connectivity index (χ2n) is 5.77. The number of hydrogen-bond acceptors (Lipinski definition) is 6. The monoisotopic (exact) mass is 380 g/mol. The molecule has 0 aliphatic carbocycles. The summed E-state index contributed by atoms with van der Waals surface area (Å²) < 4.78 is 7.97. The quantitative estimate of drug-likeness (QED) is 0.686. The number of amides is 1. The first-order valence-corrected chi connectivity index (χ1v) is 9.33. The third-order valence-electron chi connectivity index (χ3n) is 3.56. The van der Waals surface area contributed by atoms with E-state index in [1.807, 2.05) is 43.8 Å². The van der Waals surface area contributed by atoms with Crippen LogP contribution < -0.4 is 15.8 Å². The Balaban J connectivity index is 2.16. The Kier molecular flexibility index (Phi) is 6.98. The Morgan fingerprint density at radius 3 is 2.80 bits per heavy atom. The molecule has 0 fully saturated rings. The Labute approximate surface area is 157 Å². The molecule has 1 aromatic heterocycles. The summed E-state index contributed by atoms with van der Waals surface area (Å²) in [6, 6.07) is 7.32. The number of aromatic nitrogens is 1. The van der Waals surface area contributed by atoms with Crippen molar-refractivity contribution in [3.63, 3.8) is 0 Å². The molecule has 0 saturated heterocycles. The van der Waals surface area contributed by atoms with Crippen LogP contribution in [-0.2, 0) is 6.54 Å². The lowest BCUT2D eigenvalue weighted by Gasteiger charge is -2.12. The molecule has 136 valence electrons. The lowest BCUT2D eigenvalue weighted by Crippen LogP contribution is -2.17. The molecule has 1 heterocycles. The average Bonchev–Trinajstić information content (AvgIpc) is 2.85. The van der Waals surface area contributed by atoms with E-state index in [0.717, 1.165) is 13.0 Å². The van der Waals surface area contributed by atoms with Crippen LogP contribution in [-0.4, -0.2) is 42.6 Å². The first-order chi connectivity index (χ1) is 11.9. The minimum atomic E-state index is -0.271. The van der Waals surface area contributed by atoms with Crippen molar-refractivity contribution in [2.75, 3.05) is 38.3 Å². The number of hydrogen-bond donors (Lipinski definition) is 2. The molecule has 1 aromatic carbocycles. The number of anilines is 2. The minimum absolute atomic E-state index is 0.271. The SMILES string of the molecule is CCOc1ccccc1NC(=O)c1sc(=S)n(CCCN(C)C)c1N. The van der Waals surface area contributed by atoms with Crippen molar-refractivity contribution in [3.8, 4) is 5.75 Å². The summed E-state index contributed by atoms with van der Waals surface area (Å²) in [6.45, 7) is 4.05. The van der Waals surface area contributed by atoms with Gasteiger partial charge in [-0.3, -0.25) is 4.79 Å². The van der Waals surface area contributed by atoms with E-state index in [1.54, 1.807) is 6.07 Å². The van der Waals surface area contributed by atoms with Crippen LogP contribution in [0.5, 0.6) is 5.75 Å². The highest BCUT2D eigenvalue weighted by molar-refractivity contribution is 7.73. The summed E-state index contributed by atoms with van der Waals surface area (Å²) in [7, 11) is 4.04. The molecule has 8 heteroatoms. The molecule has 0 bridgehead atoms. The molecule has 2 rings (SSSR count). The van der Waals surface area contributed by atoms with Gasteiger partial charge in [-0.05, 0) is 58.3 Å². The second kappa shape index (κ2) is 8.98. The predicted molar refractivity (Wildman–Crippen MR) is 106 cm³/mol. The van der Waals surface area contributed by atoms with Crippen LogP contribution in [0.4, 0.5) is 11.5 Å². The molecule has 2 aromatic rings. The number of para-hydroxylation sites is 2. The first kappa shape index (κ1) is 19.4. The summed E-state index contributed by atoms with van der Waals surface area (Å²) in [5.41, 5.74) is 6.79. The lowest BCUT2D eigenvalue weighted by atomic mass is 10.3. The van der Waals surface area contributed by atoms with Gasteiger partial charge in [-0.25, -0.2) is 0 Å². The highest BCUT2D eigenvalue weighted by Gasteiger charge is 2.18. The molecular weight excluding hydrogens is 356 g/mol. The third-order valence-corrected chi connectivity index (χ3v) is 5.03. The molecule has 0 aliphatic rings. The summed E-state index contributed by atoms with van der Waals surface area (Å²) >= 11 is 6.61. The maximum atomic E-state index is 12.6. The van der Waals surface area contributed by atoms with Gasteiger partial charge in [-0.2, -0.15) is 0 Å². The van der Waals surface area contributed by atoms with Crippen LogP contribution in [0, 0.1) is 3.95 Å². The Hall–Kier alpha value is -1.90. The number of nitrogens with one attached hydrogen (secondary N) is 1. The zero-order valence-corrected chi connectivity index (χ0v) is 16.4. The Bertz CT molecular complexity index is 783. The van der Waals surface area contributed by atoms with E-state index in [4.69, 9.17) is 22.7 Å². The van der Waals surface area contributed by atoms with Gasteiger partial charge in [0.25, 0.3) is 5.91 Å². The highest BCUT2D eigenvalue weighted by atomic mass is 32.1. The largest absolute Gasteiger partial charge is 0.492 e. The number of thiazole rings is 1. The summed E-state index contributed by atoms with van der Waals surface area (Å²) in [4.78, 5) is 15.2. The number of nitrogens with two attached hydrogens (primary N) is 1. The van der Waals surface area contributed by atoms with Gasteiger partial charge in [-0.15, -0.1) is 0 Å². The van der Waals surface area contributed by atoms with E-state index >= 15 is 0 Å². The highest BCUT2D eigenvalue weighted by Crippen LogP contribution is 2.27. The summed E-state index contributed by atoms with van der Waals surface area (Å²) in [6.07, 6.45) is 0.913. The molecule has 0 atom stereocenters. The fourth-order valence-corrected chi connectivity index (χ4v) is 3.64. The molecule has 0 spiro atoms. The van der Waals surface area contributed by atoms with E-state index in [2.05, 4.69) is 10.2 Å². The molecule has 0 unspecified atom stereocenters. The fraction of sp³-hybridized carbons (Fsp3) is 0.412. The van der Waals surface area contributed by atoms with Gasteiger partial charge in [0.2, 0.25) is 0 Å². The van der Waals surface area contributed by atoms with Gasteiger partial charge < -0.3 is 25.3 Å². The minimum Gasteiger partial charge on any atom is -0.492 e. The van der Waals surface area contributed by atoms with E-state index in [1.165, 1.54) is 11.3 Å². The van der Waals surface area contributed by atoms with Crippen LogP contribution in [0.3, 0.4) is 0 Å². The van der Waals surface area contributed by atoms with Gasteiger partial charge in [0.15, 0.2) is 3.95 Å². The van der Waals surface area contributed by atoms with Crippen molar-refractivity contribution < 1.29 is 9.53 Å². The van der Waals surface area contributed by atoms with Gasteiger partial charge in [0, 0.05) is 6.54 Å². The molecule has 6 nitrogen and oxygen atoms in total. The van der Waals surface area contributed by atoms with E-state index < -0.39 is 0 Å². The number of carbonyl (C=O) groups excluding carboxylic acids is 1.